The number of para-hydroxylation sites is 2. The molecule has 2 heterocycles. The van der Waals surface area contributed by atoms with Gasteiger partial charge in [0.25, 0.3) is 0 Å². The number of fused-ring (bicyclic) bond motifs is 1. The predicted octanol–water partition coefficient (Wildman–Crippen LogP) is 3.67. The van der Waals surface area contributed by atoms with Crippen LogP contribution in [0.2, 0.25) is 0 Å². The first-order chi connectivity index (χ1) is 13.1. The molecule has 7 heteroatoms. The van der Waals surface area contributed by atoms with Crippen LogP contribution in [-0.4, -0.2) is 32.3 Å². The molecule has 6 nitrogen and oxygen atoms in total. The molecule has 138 valence electrons. The summed E-state index contributed by atoms with van der Waals surface area (Å²) in [5, 5.41) is 12.7. The van der Waals surface area contributed by atoms with Crippen LogP contribution >= 0.6 is 0 Å². The van der Waals surface area contributed by atoms with Crippen molar-refractivity contribution in [1.82, 2.24) is 14.5 Å². The average molecular weight is 366 g/mol. The second-order valence-electron chi connectivity index (χ2n) is 6.39. The molecule has 0 spiro atoms. The Balaban J connectivity index is 1.64. The number of benzene rings is 2. The second-order valence-corrected chi connectivity index (χ2v) is 6.39. The Hall–Kier alpha value is -3.19. The summed E-state index contributed by atoms with van der Waals surface area (Å²) in [6.45, 7) is 2.56. The molecule has 0 radical (unpaired) electrons. The van der Waals surface area contributed by atoms with Gasteiger partial charge in [-0.05, 0) is 43.3 Å². The Morgan fingerprint density at radius 1 is 1.15 bits per heavy atom. The molecule has 27 heavy (non-hydrogen) atoms. The lowest BCUT2D eigenvalue weighted by molar-refractivity contribution is 0.208. The number of aliphatic hydroxyl groups excluding tert-OH is 1. The van der Waals surface area contributed by atoms with Crippen molar-refractivity contribution in [3.8, 4) is 11.5 Å². The van der Waals surface area contributed by atoms with Crippen LogP contribution in [0.5, 0.6) is 0 Å². The van der Waals surface area contributed by atoms with Crippen LogP contribution in [0.25, 0.3) is 22.5 Å². The van der Waals surface area contributed by atoms with E-state index in [1.807, 2.05) is 28.8 Å². The fraction of sp³-hybridized carbons (Fsp3) is 0.200. The van der Waals surface area contributed by atoms with Gasteiger partial charge in [0.2, 0.25) is 11.8 Å². The molecule has 2 N–H and O–H groups in total. The molecule has 0 saturated heterocycles. The molecule has 4 rings (SSSR count). The minimum absolute atomic E-state index is 0.302. The molecule has 0 aliphatic carbocycles. The number of nitrogens with zero attached hydrogens (tertiary/aromatic N) is 3. The van der Waals surface area contributed by atoms with Crippen molar-refractivity contribution in [2.24, 2.45) is 0 Å². The predicted molar refractivity (Wildman–Crippen MR) is 101 cm³/mol. The van der Waals surface area contributed by atoms with E-state index in [0.29, 0.717) is 30.5 Å². The first-order valence-electron chi connectivity index (χ1n) is 8.67. The van der Waals surface area contributed by atoms with Gasteiger partial charge in [-0.2, -0.15) is 0 Å². The zero-order valence-corrected chi connectivity index (χ0v) is 14.8. The number of aliphatic hydroxyl groups is 1. The molecule has 1 unspecified atom stereocenters. The number of nitrogens with one attached hydrogen (secondary N) is 1. The highest BCUT2D eigenvalue weighted by atomic mass is 19.1. The Labute approximate surface area is 155 Å². The molecule has 1 atom stereocenters. The van der Waals surface area contributed by atoms with Gasteiger partial charge < -0.3 is 19.4 Å². The summed E-state index contributed by atoms with van der Waals surface area (Å²) in [5.41, 5.74) is 3.24. The lowest BCUT2D eigenvalue weighted by Crippen LogP contribution is -2.18. The lowest BCUT2D eigenvalue weighted by atomic mass is 10.2. The highest BCUT2D eigenvalue weighted by molar-refractivity contribution is 5.78. The SMILES string of the molecule is CC(O)CNc1nc2ccccc2n1Cc1coc(-c2ccc(F)cc2)n1. The summed E-state index contributed by atoms with van der Waals surface area (Å²) in [6, 6.07) is 13.8. The van der Waals surface area contributed by atoms with Crippen molar-refractivity contribution in [2.45, 2.75) is 19.6 Å². The molecule has 4 aromatic rings. The van der Waals surface area contributed by atoms with Crippen LogP contribution in [0, 0.1) is 5.82 Å². The van der Waals surface area contributed by atoms with Crippen LogP contribution in [0.3, 0.4) is 0 Å². The molecule has 0 fully saturated rings. The summed E-state index contributed by atoms with van der Waals surface area (Å²) in [6.07, 6.45) is 1.10. The van der Waals surface area contributed by atoms with Crippen molar-refractivity contribution in [1.29, 1.82) is 0 Å². The highest BCUT2D eigenvalue weighted by Gasteiger charge is 2.14. The smallest absolute Gasteiger partial charge is 0.226 e. The summed E-state index contributed by atoms with van der Waals surface area (Å²) in [7, 11) is 0. The van der Waals surface area contributed by atoms with E-state index >= 15 is 0 Å². The van der Waals surface area contributed by atoms with Crippen LogP contribution < -0.4 is 5.32 Å². The second kappa shape index (κ2) is 7.20. The van der Waals surface area contributed by atoms with Crippen LogP contribution in [0.15, 0.2) is 59.2 Å². The minimum atomic E-state index is -0.490. The molecule has 0 bridgehead atoms. The van der Waals surface area contributed by atoms with E-state index in [2.05, 4.69) is 15.3 Å². The van der Waals surface area contributed by atoms with Crippen molar-refractivity contribution in [2.75, 3.05) is 11.9 Å². The molecule has 0 amide bonds. The van der Waals surface area contributed by atoms with Crippen LogP contribution in [-0.2, 0) is 6.54 Å². The summed E-state index contributed by atoms with van der Waals surface area (Å²) >= 11 is 0. The fourth-order valence-electron chi connectivity index (χ4n) is 2.88. The van der Waals surface area contributed by atoms with Crippen molar-refractivity contribution in [3.05, 3.63) is 66.3 Å². The third-order valence-corrected chi connectivity index (χ3v) is 4.17. The van der Waals surface area contributed by atoms with Crippen molar-refractivity contribution < 1.29 is 13.9 Å². The van der Waals surface area contributed by atoms with E-state index in [4.69, 9.17) is 4.42 Å². The maximum atomic E-state index is 13.1. The van der Waals surface area contributed by atoms with Crippen LogP contribution in [0.4, 0.5) is 10.3 Å². The first kappa shape index (κ1) is 17.2. The first-order valence-corrected chi connectivity index (χ1v) is 8.67. The molecule has 0 aliphatic rings. The quantitative estimate of drug-likeness (QED) is 0.544. The van der Waals surface area contributed by atoms with Gasteiger partial charge in [-0.1, -0.05) is 12.1 Å². The largest absolute Gasteiger partial charge is 0.444 e. The molecule has 2 aromatic carbocycles. The number of hydrogen-bond donors (Lipinski definition) is 2. The van der Waals surface area contributed by atoms with E-state index in [1.54, 1.807) is 25.3 Å². The number of hydrogen-bond acceptors (Lipinski definition) is 5. The normalized spacial score (nSPS) is 12.4. The van der Waals surface area contributed by atoms with Crippen molar-refractivity contribution in [3.63, 3.8) is 0 Å². The Kier molecular flexibility index (Phi) is 4.60. The Morgan fingerprint density at radius 3 is 2.70 bits per heavy atom. The van der Waals surface area contributed by atoms with Gasteiger partial charge in [0.05, 0.1) is 29.4 Å². The van der Waals surface area contributed by atoms with Crippen LogP contribution in [0.1, 0.15) is 12.6 Å². The molecular weight excluding hydrogens is 347 g/mol. The van der Waals surface area contributed by atoms with Gasteiger partial charge in [-0.3, -0.25) is 0 Å². The van der Waals surface area contributed by atoms with Gasteiger partial charge in [0.15, 0.2) is 0 Å². The zero-order chi connectivity index (χ0) is 18.8. The van der Waals surface area contributed by atoms with Gasteiger partial charge >= 0.3 is 0 Å². The van der Waals surface area contributed by atoms with Crippen molar-refractivity contribution >= 4 is 17.0 Å². The molecule has 0 aliphatic heterocycles. The zero-order valence-electron chi connectivity index (χ0n) is 14.8. The van der Waals surface area contributed by atoms with E-state index in [0.717, 1.165) is 16.7 Å². The molecule has 2 aromatic heterocycles. The monoisotopic (exact) mass is 366 g/mol. The Bertz CT molecular complexity index is 1050. The summed E-state index contributed by atoms with van der Waals surface area (Å²) < 4.78 is 20.6. The average Bonchev–Trinajstić information content (AvgIpc) is 3.26. The van der Waals surface area contributed by atoms with E-state index in [1.165, 1.54) is 12.1 Å². The summed E-state index contributed by atoms with van der Waals surface area (Å²) in [4.78, 5) is 9.11. The Morgan fingerprint density at radius 2 is 1.93 bits per heavy atom. The number of anilines is 1. The maximum absolute atomic E-state index is 13.1. The van der Waals surface area contributed by atoms with Gasteiger partial charge in [0, 0.05) is 12.1 Å². The maximum Gasteiger partial charge on any atom is 0.226 e. The molecule has 0 saturated carbocycles. The highest BCUT2D eigenvalue weighted by Crippen LogP contribution is 2.23. The van der Waals surface area contributed by atoms with Gasteiger partial charge in [-0.25, -0.2) is 14.4 Å². The third-order valence-electron chi connectivity index (χ3n) is 4.17. The topological polar surface area (TPSA) is 76.1 Å². The fourth-order valence-corrected chi connectivity index (χ4v) is 2.88. The number of rotatable bonds is 6. The lowest BCUT2D eigenvalue weighted by Gasteiger charge is -2.10. The third kappa shape index (κ3) is 3.68. The number of aromatic nitrogens is 3. The van der Waals surface area contributed by atoms with Gasteiger partial charge in [-0.15, -0.1) is 0 Å². The minimum Gasteiger partial charge on any atom is -0.444 e. The number of halogens is 1. The standard InChI is InChI=1S/C20H19FN4O2/c1-13(26)10-22-20-24-17-4-2-3-5-18(17)25(20)11-16-12-27-19(23-16)14-6-8-15(21)9-7-14/h2-9,12-13,26H,10-11H2,1H3,(H,22,24). The molecular formula is C20H19FN4O2. The van der Waals surface area contributed by atoms with E-state index in [-0.39, 0.29) is 5.82 Å². The van der Waals surface area contributed by atoms with E-state index < -0.39 is 6.10 Å². The van der Waals surface area contributed by atoms with E-state index in [9.17, 15) is 9.50 Å². The van der Waals surface area contributed by atoms with Gasteiger partial charge in [0.1, 0.15) is 12.1 Å². The number of imidazole rings is 1. The summed E-state index contributed by atoms with van der Waals surface area (Å²) in [5.74, 6) is 0.792. The number of oxazole rings is 1.